The molecule has 11 rings (SSSR count). The molecule has 12 bridgehead atoms. The van der Waals surface area contributed by atoms with Gasteiger partial charge >= 0.3 is 0 Å². The van der Waals surface area contributed by atoms with Crippen molar-refractivity contribution in [3.8, 4) is 5.75 Å². The average Bonchev–Trinajstić information content (AvgIpc) is 1.67. The van der Waals surface area contributed by atoms with E-state index in [0.717, 1.165) is 46.3 Å². The molecule has 29 nitrogen and oxygen atoms in total. The van der Waals surface area contributed by atoms with Crippen molar-refractivity contribution >= 4 is 81.7 Å². The largest absolute Gasteiger partial charge is 0.497 e. The topological polar surface area (TPSA) is 364 Å². The Kier molecular flexibility index (Phi) is 31.0. The fourth-order valence-electron chi connectivity index (χ4n) is 15.7. The highest BCUT2D eigenvalue weighted by atomic mass is 19.1. The highest BCUT2D eigenvalue weighted by Crippen LogP contribution is 2.33. The molecule has 30 heteroatoms. The van der Waals surface area contributed by atoms with Crippen LogP contribution in [0.1, 0.15) is 150 Å². The Morgan fingerprint density at radius 2 is 1.40 bits per heavy atom. The number of carbonyl (C=O) groups is 12. The molecule has 2 fully saturated rings. The Labute approximate surface area is 671 Å². The Bertz CT molecular complexity index is 4280. The van der Waals surface area contributed by atoms with Gasteiger partial charge in [-0.3, -0.25) is 57.5 Å². The number of halogens is 1. The first-order valence-corrected chi connectivity index (χ1v) is 40.5. The van der Waals surface area contributed by atoms with Crippen LogP contribution in [0.3, 0.4) is 0 Å². The Hall–Kier alpha value is -10.2. The van der Waals surface area contributed by atoms with Crippen molar-refractivity contribution < 1.29 is 85.7 Å². The zero-order valence-corrected chi connectivity index (χ0v) is 67.3. The number of hydrogen-bond donors (Lipinski definition) is 9. The summed E-state index contributed by atoms with van der Waals surface area (Å²) in [5, 5.41) is 34.5. The maximum atomic E-state index is 16.3. The molecule has 0 saturated carbocycles. The van der Waals surface area contributed by atoms with Crippen LogP contribution in [0.25, 0.3) is 10.9 Å². The van der Waals surface area contributed by atoms with E-state index in [1.807, 2.05) is 28.8 Å². The van der Waals surface area contributed by atoms with Gasteiger partial charge in [0.15, 0.2) is 0 Å². The molecule has 0 aliphatic carbocycles. The molecule has 9 N–H and O–H groups in total. The van der Waals surface area contributed by atoms with Crippen LogP contribution in [-0.2, 0) is 112 Å². The quantitative estimate of drug-likeness (QED) is 0.0501. The van der Waals surface area contributed by atoms with E-state index in [0.29, 0.717) is 97.1 Å². The van der Waals surface area contributed by atoms with Crippen LogP contribution in [0, 0.1) is 5.82 Å². The summed E-state index contributed by atoms with van der Waals surface area (Å²) >= 11 is 0. The molecule has 6 aliphatic heterocycles. The van der Waals surface area contributed by atoms with Crippen LogP contribution in [0.5, 0.6) is 5.75 Å². The molecule has 11 amide bonds. The van der Waals surface area contributed by atoms with Gasteiger partial charge in [0.1, 0.15) is 71.8 Å². The molecule has 4 aromatic carbocycles. The van der Waals surface area contributed by atoms with Crippen LogP contribution in [0.2, 0.25) is 0 Å². The van der Waals surface area contributed by atoms with E-state index in [1.165, 1.54) is 38.0 Å². The maximum Gasteiger partial charge on any atom is 0.246 e. The molecule has 0 radical (unpaired) electrons. The van der Waals surface area contributed by atoms with Gasteiger partial charge in [-0.2, -0.15) is 0 Å². The van der Waals surface area contributed by atoms with Crippen molar-refractivity contribution in [3.05, 3.63) is 136 Å². The lowest BCUT2D eigenvalue weighted by Gasteiger charge is -2.37. The lowest BCUT2D eigenvalue weighted by atomic mass is 9.95. The number of unbranched alkanes of at least 4 members (excludes halogenated alkanes) is 2. The molecule has 115 heavy (non-hydrogen) atoms. The van der Waals surface area contributed by atoms with Crippen LogP contribution < -0.4 is 47.3 Å². The smallest absolute Gasteiger partial charge is 0.246 e. The Morgan fingerprint density at radius 1 is 0.670 bits per heavy atom. The van der Waals surface area contributed by atoms with Crippen molar-refractivity contribution in [3.63, 3.8) is 0 Å². The van der Waals surface area contributed by atoms with Crippen molar-refractivity contribution in [2.24, 2.45) is 0 Å². The lowest BCUT2D eigenvalue weighted by Crippen LogP contribution is -2.64. The number of aromatic nitrogens is 1. The van der Waals surface area contributed by atoms with E-state index in [1.54, 1.807) is 72.6 Å². The number of benzene rings is 4. The van der Waals surface area contributed by atoms with E-state index >= 15 is 33.2 Å². The lowest BCUT2D eigenvalue weighted by molar-refractivity contribution is -0.870. The van der Waals surface area contributed by atoms with E-state index in [2.05, 4.69) is 63.7 Å². The average molecular weight is 1590 g/mol. The molecule has 1 aromatic heterocycles. The van der Waals surface area contributed by atoms with Crippen LogP contribution in [0.4, 0.5) is 4.39 Å². The number of hydrogen-bond acceptors (Lipinski definition) is 16. The summed E-state index contributed by atoms with van der Waals surface area (Å²) in [7, 11) is 7.86. The number of aliphatic hydroxyl groups excluding tert-OH is 1. The third kappa shape index (κ3) is 24.5. The molecule has 7 heterocycles. The summed E-state index contributed by atoms with van der Waals surface area (Å²) in [6.07, 6.45) is 3.07. The van der Waals surface area contributed by atoms with E-state index in [9.17, 15) is 33.9 Å². The number of ether oxygens (including phenoxy) is 3. The SMILES string of the molecule is COc1ccc(C[C@@H]2NC(=O)[C@H]([C@@H](C)O)NC(=O)[C@@H]3[C@@H]4CCN3C(=O)[C@@H]3Cc5cn(c6ccc(F)cc56)CCCCCCN(Cc5ccc(cc5)CCNC(=O)[C@]5(C)CCCN5C2=O)C(=O)CCC(=O)N[C@@H](C)C(=O)N[C@H](CCC(=O)CCOCCCCC[N+](C)(C)C)C(=O)N[C@@H](Cc2cccc(c2)CNC(=O)CO4)C(=O)N3)cc1. The molecule has 0 unspecified atom stereocenters. The number of carbonyl (C=O) groups excluding carboxylic acids is 12. The predicted octanol–water partition coefficient (Wildman–Crippen LogP) is 3.81. The normalized spacial score (nSPS) is 24.6. The first kappa shape index (κ1) is 87.2. The molecule has 5 aromatic rings. The van der Waals surface area contributed by atoms with E-state index in [-0.39, 0.29) is 115 Å². The fraction of sp³-hybridized carbons (Fsp3) is 0.553. The second kappa shape index (κ2) is 40.9. The van der Waals surface area contributed by atoms with E-state index < -0.39 is 132 Å². The van der Waals surface area contributed by atoms with Crippen LogP contribution in [0.15, 0.2) is 97.2 Å². The molecule has 10 atom stereocenters. The van der Waals surface area contributed by atoms with Crippen molar-refractivity contribution in [2.45, 2.75) is 222 Å². The highest BCUT2D eigenvalue weighted by molar-refractivity contribution is 6.00. The number of nitrogens with zero attached hydrogens (tertiary/aromatic N) is 5. The third-order valence-electron chi connectivity index (χ3n) is 22.4. The van der Waals surface area contributed by atoms with Crippen molar-refractivity contribution in [1.29, 1.82) is 0 Å². The van der Waals surface area contributed by atoms with Crippen molar-refractivity contribution in [1.82, 2.24) is 61.8 Å². The summed E-state index contributed by atoms with van der Waals surface area (Å²) in [5.74, 6) is -8.78. The number of amides is 11. The van der Waals surface area contributed by atoms with Gasteiger partial charge in [0.05, 0.1) is 53.6 Å². The maximum absolute atomic E-state index is 16.3. The predicted molar refractivity (Wildman–Crippen MR) is 425 cm³/mol. The molecular weight excluding hydrogens is 1480 g/mol. The summed E-state index contributed by atoms with van der Waals surface area (Å²) in [6.45, 7) is 6.04. The van der Waals surface area contributed by atoms with Gasteiger partial charge in [-0.25, -0.2) is 4.39 Å². The Balaban J connectivity index is 1.06. The number of nitrogens with one attached hydrogen (secondary N) is 8. The van der Waals surface area contributed by atoms with Crippen molar-refractivity contribution in [2.75, 3.05) is 80.8 Å². The number of aliphatic hydroxyl groups is 1. The first-order chi connectivity index (χ1) is 55.0. The van der Waals surface area contributed by atoms with Gasteiger partial charge in [-0.1, -0.05) is 73.5 Å². The molecular formula is C85H115FN13O16+. The Morgan fingerprint density at radius 3 is 2.15 bits per heavy atom. The van der Waals surface area contributed by atoms with Gasteiger partial charge in [0.25, 0.3) is 0 Å². The monoisotopic (exact) mass is 1590 g/mol. The number of fused-ring (bicyclic) bond motifs is 16. The van der Waals surface area contributed by atoms with Gasteiger partial charge < -0.3 is 85.6 Å². The molecule has 0 spiro atoms. The van der Waals surface area contributed by atoms with Crippen LogP contribution >= 0.6 is 0 Å². The van der Waals surface area contributed by atoms with Gasteiger partial charge in [-0.05, 0) is 149 Å². The molecule has 6 aliphatic rings. The second-order valence-corrected chi connectivity index (χ2v) is 32.4. The number of aryl methyl sites for hydroxylation is 1. The minimum atomic E-state index is -1.86. The standard InChI is InChI=1S/C85H114FN13O16/c1-54-77(105)90-66(29-26-63(101)35-44-114-43-14-10-13-42-99(4,5)6)78(106)91-67-47-59-17-15-18-60(45-59)50-88-73(103)53-115-71-34-41-97-76(71)81(109)94-75(55(2)100)80(108)93-68(46-57-23-27-64(113-7)28-24-57)83(111)98-40-16-36-85(98,3)84(112)87-37-33-56-19-21-58(22-20-56)51-96(74(104)32-31-72(102)89-54)39-12-9-8-11-38-95-52-61(48-69(82(97)110)92-79(67)107)65-49-62(86)25-30-70(65)95/h15,17-25,27-28,30,45,49,52,54-55,66-69,71,75-76,100H,8-14,16,26,29,31-44,46-48,50-51,53H2,1-7H3,(H7-,87,88,89,90,91,92,93,94,102,103,105,106,107,108,109,112)/p+1/t54-,55+,66+,67-,68-,69-,71-,75-,76-,85-/m0/s1. The zero-order valence-electron chi connectivity index (χ0n) is 67.3. The summed E-state index contributed by atoms with van der Waals surface area (Å²) < 4.78 is 36.2. The highest BCUT2D eigenvalue weighted by Gasteiger charge is 2.50. The number of Topliss-reactive ketones (excluding diaryl/α,β-unsaturated/α-hetero) is 1. The summed E-state index contributed by atoms with van der Waals surface area (Å²) in [4.78, 5) is 183. The minimum Gasteiger partial charge on any atom is -0.497 e. The molecule has 622 valence electrons. The fourth-order valence-corrected chi connectivity index (χ4v) is 15.7. The van der Waals surface area contributed by atoms with Gasteiger partial charge in [0, 0.05) is 114 Å². The van der Waals surface area contributed by atoms with Crippen LogP contribution in [-0.4, -0.2) is 240 Å². The third-order valence-corrected chi connectivity index (χ3v) is 22.4. The summed E-state index contributed by atoms with van der Waals surface area (Å²) in [6, 6.07) is 14.2. The summed E-state index contributed by atoms with van der Waals surface area (Å²) in [5.41, 5.74) is 2.78. The molecule has 2 saturated heterocycles. The van der Waals surface area contributed by atoms with E-state index in [4.69, 9.17) is 14.2 Å². The number of ketones is 1. The number of methoxy groups -OCH3 is 1. The van der Waals surface area contributed by atoms with Gasteiger partial charge in [0.2, 0.25) is 65.0 Å². The van der Waals surface area contributed by atoms with Gasteiger partial charge in [-0.15, -0.1) is 0 Å². The number of quaternary nitrogens is 1. The first-order valence-electron chi connectivity index (χ1n) is 40.5. The number of rotatable bonds is 16. The zero-order chi connectivity index (χ0) is 82.5. The minimum absolute atomic E-state index is 0.0172. The second-order valence-electron chi connectivity index (χ2n) is 32.4.